The van der Waals surface area contributed by atoms with Gasteiger partial charge >= 0.3 is 0 Å². The molecule has 1 aliphatic rings. The quantitative estimate of drug-likeness (QED) is 0.180. The SMILES string of the molecule is COCCCOc1ncccc1C(=O)NC[C@@H](C[C@H](N)[C@@H](O)C[C@@H](C(=O)NCCN1CCOCC1)C(C)C)C(C)C. The zero-order valence-corrected chi connectivity index (χ0v) is 25.6. The van der Waals surface area contributed by atoms with Crippen molar-refractivity contribution in [2.24, 2.45) is 29.4 Å². The molecule has 2 amide bonds. The summed E-state index contributed by atoms with van der Waals surface area (Å²) in [6.07, 6.45) is 2.25. The van der Waals surface area contributed by atoms with Crippen molar-refractivity contribution in [2.75, 3.05) is 66.3 Å². The molecule has 41 heavy (non-hydrogen) atoms. The summed E-state index contributed by atoms with van der Waals surface area (Å²) < 4.78 is 16.1. The van der Waals surface area contributed by atoms with Crippen LogP contribution in [-0.2, 0) is 14.3 Å². The van der Waals surface area contributed by atoms with Crippen molar-refractivity contribution in [3.05, 3.63) is 23.9 Å². The zero-order valence-electron chi connectivity index (χ0n) is 25.6. The first-order valence-corrected chi connectivity index (χ1v) is 15.0. The number of nitrogens with one attached hydrogen (secondary N) is 2. The van der Waals surface area contributed by atoms with Crippen LogP contribution < -0.4 is 21.1 Å². The Balaban J connectivity index is 1.87. The summed E-state index contributed by atoms with van der Waals surface area (Å²) in [4.78, 5) is 32.5. The molecule has 1 aliphatic heterocycles. The smallest absolute Gasteiger partial charge is 0.256 e. The summed E-state index contributed by atoms with van der Waals surface area (Å²) >= 11 is 0. The van der Waals surface area contributed by atoms with Crippen molar-refractivity contribution in [1.29, 1.82) is 0 Å². The van der Waals surface area contributed by atoms with E-state index in [1.807, 2.05) is 13.8 Å². The molecule has 234 valence electrons. The van der Waals surface area contributed by atoms with Crippen LogP contribution in [0.25, 0.3) is 0 Å². The Bertz CT molecular complexity index is 896. The van der Waals surface area contributed by atoms with Gasteiger partial charge in [0.05, 0.1) is 25.9 Å². The summed E-state index contributed by atoms with van der Waals surface area (Å²) in [7, 11) is 1.63. The number of aliphatic hydroxyl groups excluding tert-OH is 1. The topological polar surface area (TPSA) is 148 Å². The van der Waals surface area contributed by atoms with Crippen LogP contribution in [0.3, 0.4) is 0 Å². The molecule has 0 radical (unpaired) electrons. The molecular weight excluding hydrogens is 526 g/mol. The van der Waals surface area contributed by atoms with Gasteiger partial charge in [0, 0.05) is 71.0 Å². The fourth-order valence-corrected chi connectivity index (χ4v) is 4.88. The lowest BCUT2D eigenvalue weighted by atomic mass is 9.83. The van der Waals surface area contributed by atoms with E-state index >= 15 is 0 Å². The monoisotopic (exact) mass is 579 g/mol. The summed E-state index contributed by atoms with van der Waals surface area (Å²) in [5.74, 6) is -0.0613. The van der Waals surface area contributed by atoms with Crippen LogP contribution >= 0.6 is 0 Å². The number of rotatable bonds is 19. The largest absolute Gasteiger partial charge is 0.477 e. The van der Waals surface area contributed by atoms with Crippen molar-refractivity contribution in [3.8, 4) is 5.88 Å². The van der Waals surface area contributed by atoms with E-state index in [-0.39, 0.29) is 41.4 Å². The maximum Gasteiger partial charge on any atom is 0.256 e. The maximum atomic E-state index is 13.0. The minimum absolute atomic E-state index is 0.0335. The van der Waals surface area contributed by atoms with Crippen LogP contribution in [0, 0.1) is 23.7 Å². The highest BCUT2D eigenvalue weighted by Gasteiger charge is 2.30. The van der Waals surface area contributed by atoms with Crippen molar-refractivity contribution < 1.29 is 28.9 Å². The van der Waals surface area contributed by atoms with Crippen LogP contribution in [0.5, 0.6) is 5.88 Å². The van der Waals surface area contributed by atoms with E-state index in [9.17, 15) is 14.7 Å². The zero-order chi connectivity index (χ0) is 30.2. The number of carbonyl (C=O) groups is 2. The van der Waals surface area contributed by atoms with Gasteiger partial charge in [-0.15, -0.1) is 0 Å². The number of aliphatic hydroxyl groups is 1. The molecule has 0 aliphatic carbocycles. The fourth-order valence-electron chi connectivity index (χ4n) is 4.88. The molecule has 1 saturated heterocycles. The van der Waals surface area contributed by atoms with E-state index in [2.05, 4.69) is 34.4 Å². The summed E-state index contributed by atoms with van der Waals surface area (Å²) in [6, 6.07) is 2.86. The van der Waals surface area contributed by atoms with Gasteiger partial charge in [-0.3, -0.25) is 14.5 Å². The number of amides is 2. The van der Waals surface area contributed by atoms with Gasteiger partial charge in [0.25, 0.3) is 5.91 Å². The van der Waals surface area contributed by atoms with Crippen molar-refractivity contribution in [3.63, 3.8) is 0 Å². The van der Waals surface area contributed by atoms with Gasteiger partial charge in [-0.05, 0) is 42.7 Å². The van der Waals surface area contributed by atoms with Crippen LogP contribution in [-0.4, -0.2) is 105 Å². The Kier molecular flexibility index (Phi) is 16.2. The lowest BCUT2D eigenvalue weighted by Crippen LogP contribution is -2.45. The van der Waals surface area contributed by atoms with Crippen molar-refractivity contribution >= 4 is 11.8 Å². The number of ether oxygens (including phenoxy) is 3. The molecule has 2 rings (SSSR count). The first-order valence-electron chi connectivity index (χ1n) is 15.0. The molecular formula is C30H53N5O6. The molecule has 0 bridgehead atoms. The van der Waals surface area contributed by atoms with Crippen LogP contribution in [0.4, 0.5) is 0 Å². The van der Waals surface area contributed by atoms with Crippen LogP contribution in [0.1, 0.15) is 57.3 Å². The second-order valence-corrected chi connectivity index (χ2v) is 11.6. The second kappa shape index (κ2) is 19.0. The molecule has 1 fully saturated rings. The van der Waals surface area contributed by atoms with Crippen LogP contribution in [0.2, 0.25) is 0 Å². The van der Waals surface area contributed by atoms with E-state index in [4.69, 9.17) is 19.9 Å². The Morgan fingerprint density at radius 3 is 2.51 bits per heavy atom. The first kappa shape index (κ1) is 34.9. The van der Waals surface area contributed by atoms with Gasteiger partial charge in [-0.25, -0.2) is 4.98 Å². The van der Waals surface area contributed by atoms with Gasteiger partial charge < -0.3 is 35.7 Å². The highest BCUT2D eigenvalue weighted by atomic mass is 16.5. The first-order chi connectivity index (χ1) is 19.6. The van der Waals surface area contributed by atoms with Gasteiger partial charge in [0.1, 0.15) is 5.56 Å². The number of hydrogen-bond acceptors (Lipinski definition) is 9. The van der Waals surface area contributed by atoms with Gasteiger partial charge in [0.15, 0.2) is 0 Å². The average Bonchev–Trinajstić information content (AvgIpc) is 2.96. The third-order valence-corrected chi connectivity index (χ3v) is 7.75. The van der Waals surface area contributed by atoms with Crippen molar-refractivity contribution in [2.45, 2.75) is 59.1 Å². The molecule has 11 heteroatoms. The van der Waals surface area contributed by atoms with Gasteiger partial charge in [-0.2, -0.15) is 0 Å². The average molecular weight is 580 g/mol. The number of hydrogen-bond donors (Lipinski definition) is 4. The van der Waals surface area contributed by atoms with E-state index in [0.29, 0.717) is 51.1 Å². The van der Waals surface area contributed by atoms with Crippen LogP contribution in [0.15, 0.2) is 18.3 Å². The Labute approximate surface area is 245 Å². The number of pyridine rings is 1. The number of methoxy groups -OCH3 is 1. The lowest BCUT2D eigenvalue weighted by molar-refractivity contribution is -0.127. The Morgan fingerprint density at radius 2 is 1.85 bits per heavy atom. The molecule has 1 aromatic heterocycles. The fraction of sp³-hybridized carbons (Fsp3) is 0.767. The predicted octanol–water partition coefficient (Wildman–Crippen LogP) is 1.69. The number of nitrogens with zero attached hydrogens (tertiary/aromatic N) is 2. The molecule has 1 aromatic rings. The number of morpholine rings is 1. The van der Waals surface area contributed by atoms with Gasteiger partial charge in [0.2, 0.25) is 11.8 Å². The van der Waals surface area contributed by atoms with E-state index in [1.54, 1.807) is 25.4 Å². The third-order valence-electron chi connectivity index (χ3n) is 7.75. The normalized spacial score (nSPS) is 17.2. The van der Waals surface area contributed by atoms with Crippen molar-refractivity contribution in [1.82, 2.24) is 20.5 Å². The molecule has 0 spiro atoms. The summed E-state index contributed by atoms with van der Waals surface area (Å²) in [5.41, 5.74) is 6.84. The Morgan fingerprint density at radius 1 is 1.12 bits per heavy atom. The van der Waals surface area contributed by atoms with E-state index < -0.39 is 12.1 Å². The molecule has 2 heterocycles. The minimum atomic E-state index is -0.838. The molecule has 4 atom stereocenters. The minimum Gasteiger partial charge on any atom is -0.477 e. The Hall–Kier alpha value is -2.31. The number of carbonyl (C=O) groups excluding carboxylic acids is 2. The third kappa shape index (κ3) is 12.6. The molecule has 5 N–H and O–H groups in total. The molecule has 0 aromatic carbocycles. The molecule has 11 nitrogen and oxygen atoms in total. The molecule has 0 unspecified atom stereocenters. The highest BCUT2D eigenvalue weighted by Crippen LogP contribution is 2.23. The molecule has 0 saturated carbocycles. The maximum absolute atomic E-state index is 13.0. The standard InChI is InChI=1S/C30H53N5O6/c1-21(2)23(20-34-28(37)24-8-6-9-33-30(24)41-15-7-14-39-5)18-26(31)27(36)19-25(22(3)4)29(38)32-10-11-35-12-16-40-17-13-35/h6,8-9,21-23,25-27,36H,7,10-20,31H2,1-5H3,(H,32,38)(H,34,37)/t23-,25-,26+,27+/m1/s1. The predicted molar refractivity (Wildman–Crippen MR) is 159 cm³/mol. The number of nitrogens with two attached hydrogens (primary N) is 1. The highest BCUT2D eigenvalue weighted by molar-refractivity contribution is 5.96. The second-order valence-electron chi connectivity index (χ2n) is 11.6. The summed E-state index contributed by atoms with van der Waals surface area (Å²) in [6.45, 7) is 14.0. The lowest BCUT2D eigenvalue weighted by Gasteiger charge is -2.30. The summed E-state index contributed by atoms with van der Waals surface area (Å²) in [5, 5.41) is 17.1. The van der Waals surface area contributed by atoms with Gasteiger partial charge in [-0.1, -0.05) is 27.7 Å². The van der Waals surface area contributed by atoms with E-state index in [0.717, 1.165) is 32.8 Å². The van der Waals surface area contributed by atoms with E-state index in [1.165, 1.54) is 0 Å². The number of aromatic nitrogens is 1.